The first-order chi connectivity index (χ1) is 11.2. The summed E-state index contributed by atoms with van der Waals surface area (Å²) in [6, 6.07) is 4.67. The van der Waals surface area contributed by atoms with Crippen molar-refractivity contribution in [1.82, 2.24) is 14.5 Å². The van der Waals surface area contributed by atoms with E-state index < -0.39 is 10.0 Å². The van der Waals surface area contributed by atoms with Crippen LogP contribution in [0.5, 0.6) is 0 Å². The van der Waals surface area contributed by atoms with Crippen LogP contribution in [-0.2, 0) is 10.0 Å². The molecule has 0 aliphatic carbocycles. The number of nitrogens with one attached hydrogen (secondary N) is 1. The molecule has 1 saturated heterocycles. The summed E-state index contributed by atoms with van der Waals surface area (Å²) in [5, 5.41) is 3.27. The number of carbonyl (C=O) groups is 1. The number of benzene rings is 1. The number of nitrogens with zero attached hydrogens (tertiary/aromatic N) is 2. The molecule has 1 aliphatic heterocycles. The second-order valence-electron chi connectivity index (χ2n) is 6.26. The van der Waals surface area contributed by atoms with E-state index in [0.717, 1.165) is 5.56 Å². The van der Waals surface area contributed by atoms with Crippen LogP contribution in [-0.4, -0.2) is 55.9 Å². The highest BCUT2D eigenvalue weighted by Crippen LogP contribution is 2.23. The van der Waals surface area contributed by atoms with E-state index in [9.17, 15) is 13.2 Å². The summed E-state index contributed by atoms with van der Waals surface area (Å²) in [7, 11) is -3.61. The van der Waals surface area contributed by atoms with E-state index in [1.165, 1.54) is 10.4 Å². The van der Waals surface area contributed by atoms with E-state index in [-0.39, 0.29) is 23.5 Å². The molecule has 1 N–H and O–H groups in total. The monoisotopic (exact) mass is 373 g/mol. The molecular weight excluding hydrogens is 350 g/mol. The number of urea groups is 1. The lowest BCUT2D eigenvalue weighted by molar-refractivity contribution is 0.198. The van der Waals surface area contributed by atoms with Crippen LogP contribution in [0, 0.1) is 6.92 Å². The van der Waals surface area contributed by atoms with Gasteiger partial charge in [0.25, 0.3) is 0 Å². The second kappa shape index (κ2) is 7.72. The average Bonchev–Trinajstić information content (AvgIpc) is 2.75. The largest absolute Gasteiger partial charge is 0.336 e. The summed E-state index contributed by atoms with van der Waals surface area (Å²) < 4.78 is 27.0. The fourth-order valence-corrected chi connectivity index (χ4v) is 4.30. The minimum atomic E-state index is -3.61. The normalized spacial score (nSPS) is 17.0. The molecule has 1 heterocycles. The van der Waals surface area contributed by atoms with Gasteiger partial charge in [0.1, 0.15) is 0 Å². The van der Waals surface area contributed by atoms with Gasteiger partial charge in [0.05, 0.1) is 4.90 Å². The van der Waals surface area contributed by atoms with Crippen molar-refractivity contribution < 1.29 is 13.2 Å². The van der Waals surface area contributed by atoms with Crippen LogP contribution >= 0.6 is 11.6 Å². The molecular formula is C16H24ClN3O3S. The molecule has 0 radical (unpaired) electrons. The Balaban J connectivity index is 2.12. The number of hydrogen-bond acceptors (Lipinski definition) is 3. The van der Waals surface area contributed by atoms with E-state index in [1.807, 2.05) is 20.8 Å². The maximum absolute atomic E-state index is 12.8. The summed E-state index contributed by atoms with van der Waals surface area (Å²) in [5.74, 6) is 0. The van der Waals surface area contributed by atoms with Crippen LogP contribution in [0.2, 0.25) is 5.02 Å². The van der Waals surface area contributed by atoms with Gasteiger partial charge in [0, 0.05) is 37.2 Å². The Kier molecular flexibility index (Phi) is 6.11. The van der Waals surface area contributed by atoms with Gasteiger partial charge in [-0.1, -0.05) is 17.7 Å². The van der Waals surface area contributed by atoms with Gasteiger partial charge < -0.3 is 10.2 Å². The number of aryl methyl sites for hydroxylation is 1. The van der Waals surface area contributed by atoms with Crippen molar-refractivity contribution in [3.63, 3.8) is 0 Å². The molecule has 134 valence electrons. The topological polar surface area (TPSA) is 69.7 Å². The standard InChI is InChI=1S/C16H24ClN3O3S/c1-12(2)18-16(21)19-7-4-8-20(10-9-19)24(22,23)14-6-5-13(3)15(17)11-14/h5-6,11-12H,4,7-10H2,1-3H3,(H,18,21). The molecule has 0 spiro atoms. The fraction of sp³-hybridized carbons (Fsp3) is 0.562. The molecule has 2 rings (SSSR count). The number of halogens is 1. The molecule has 24 heavy (non-hydrogen) atoms. The predicted octanol–water partition coefficient (Wildman–Crippen LogP) is 2.46. The number of amides is 2. The smallest absolute Gasteiger partial charge is 0.317 e. The second-order valence-corrected chi connectivity index (χ2v) is 8.61. The molecule has 1 fully saturated rings. The Morgan fingerprint density at radius 1 is 1.21 bits per heavy atom. The van der Waals surface area contributed by atoms with Crippen molar-refractivity contribution >= 4 is 27.7 Å². The SMILES string of the molecule is Cc1ccc(S(=O)(=O)N2CCCN(C(=O)NC(C)C)CC2)cc1Cl. The maximum Gasteiger partial charge on any atom is 0.317 e. The zero-order valence-electron chi connectivity index (χ0n) is 14.3. The first-order valence-electron chi connectivity index (χ1n) is 8.03. The van der Waals surface area contributed by atoms with Gasteiger partial charge in [-0.2, -0.15) is 4.31 Å². The Bertz CT molecular complexity index is 707. The number of hydrogen-bond donors (Lipinski definition) is 1. The van der Waals surface area contributed by atoms with Crippen molar-refractivity contribution in [2.45, 2.75) is 38.1 Å². The molecule has 1 aromatic carbocycles. The Labute approximate surface area is 148 Å². The third-order valence-electron chi connectivity index (χ3n) is 3.94. The third-order valence-corrected chi connectivity index (χ3v) is 6.24. The lowest BCUT2D eigenvalue weighted by Crippen LogP contribution is -2.44. The molecule has 2 amide bonds. The molecule has 0 atom stereocenters. The van der Waals surface area contributed by atoms with E-state index >= 15 is 0 Å². The molecule has 8 heteroatoms. The molecule has 0 aromatic heterocycles. The lowest BCUT2D eigenvalue weighted by atomic mass is 10.2. The van der Waals surface area contributed by atoms with Crippen LogP contribution < -0.4 is 5.32 Å². The van der Waals surface area contributed by atoms with Gasteiger partial charge >= 0.3 is 6.03 Å². The quantitative estimate of drug-likeness (QED) is 0.884. The van der Waals surface area contributed by atoms with E-state index in [1.54, 1.807) is 17.0 Å². The molecule has 0 saturated carbocycles. The maximum atomic E-state index is 12.8. The molecule has 0 bridgehead atoms. The number of sulfonamides is 1. The Morgan fingerprint density at radius 2 is 1.92 bits per heavy atom. The van der Waals surface area contributed by atoms with E-state index in [0.29, 0.717) is 31.1 Å². The van der Waals surface area contributed by atoms with Crippen molar-refractivity contribution in [2.75, 3.05) is 26.2 Å². The minimum Gasteiger partial charge on any atom is -0.336 e. The minimum absolute atomic E-state index is 0.0512. The zero-order valence-corrected chi connectivity index (χ0v) is 15.8. The Hall–Kier alpha value is -1.31. The highest BCUT2D eigenvalue weighted by molar-refractivity contribution is 7.89. The van der Waals surface area contributed by atoms with Gasteiger partial charge in [-0.05, 0) is 44.9 Å². The van der Waals surface area contributed by atoms with Crippen molar-refractivity contribution in [3.8, 4) is 0 Å². The highest BCUT2D eigenvalue weighted by atomic mass is 35.5. The molecule has 0 unspecified atom stereocenters. The van der Waals surface area contributed by atoms with Crippen molar-refractivity contribution in [3.05, 3.63) is 28.8 Å². The molecule has 1 aromatic rings. The summed E-state index contributed by atoms with van der Waals surface area (Å²) in [4.78, 5) is 14.0. The number of rotatable bonds is 3. The van der Waals surface area contributed by atoms with Crippen molar-refractivity contribution in [2.24, 2.45) is 0 Å². The van der Waals surface area contributed by atoms with Gasteiger partial charge in [-0.25, -0.2) is 13.2 Å². The van der Waals surface area contributed by atoms with Gasteiger partial charge in [-0.15, -0.1) is 0 Å². The van der Waals surface area contributed by atoms with Crippen molar-refractivity contribution in [1.29, 1.82) is 0 Å². The highest BCUT2D eigenvalue weighted by Gasteiger charge is 2.28. The lowest BCUT2D eigenvalue weighted by Gasteiger charge is -2.23. The summed E-state index contributed by atoms with van der Waals surface area (Å²) in [6.07, 6.45) is 0.602. The third kappa shape index (κ3) is 4.40. The van der Waals surface area contributed by atoms with Crippen LogP contribution in [0.15, 0.2) is 23.1 Å². The van der Waals surface area contributed by atoms with Crippen LogP contribution in [0.3, 0.4) is 0 Å². The average molecular weight is 374 g/mol. The van der Waals surface area contributed by atoms with Crippen LogP contribution in [0.25, 0.3) is 0 Å². The van der Waals surface area contributed by atoms with E-state index in [4.69, 9.17) is 11.6 Å². The zero-order chi connectivity index (χ0) is 17.9. The van der Waals surface area contributed by atoms with Crippen LogP contribution in [0.4, 0.5) is 4.79 Å². The predicted molar refractivity (Wildman–Crippen MR) is 94.8 cm³/mol. The van der Waals surface area contributed by atoms with Gasteiger partial charge in [0.15, 0.2) is 0 Å². The summed E-state index contributed by atoms with van der Waals surface area (Å²) in [6.45, 7) is 7.20. The first kappa shape index (κ1) is 19.0. The molecule has 1 aliphatic rings. The fourth-order valence-electron chi connectivity index (χ4n) is 2.56. The molecule has 6 nitrogen and oxygen atoms in total. The van der Waals surface area contributed by atoms with E-state index in [2.05, 4.69) is 5.32 Å². The van der Waals surface area contributed by atoms with Crippen LogP contribution in [0.1, 0.15) is 25.8 Å². The number of carbonyl (C=O) groups excluding carboxylic acids is 1. The summed E-state index contributed by atoms with van der Waals surface area (Å²) in [5.41, 5.74) is 0.836. The Morgan fingerprint density at radius 3 is 2.54 bits per heavy atom. The van der Waals surface area contributed by atoms with Gasteiger partial charge in [-0.3, -0.25) is 0 Å². The van der Waals surface area contributed by atoms with Gasteiger partial charge in [0.2, 0.25) is 10.0 Å². The summed E-state index contributed by atoms with van der Waals surface area (Å²) >= 11 is 6.06. The first-order valence-corrected chi connectivity index (χ1v) is 9.85.